The van der Waals surface area contributed by atoms with Gasteiger partial charge in [0.25, 0.3) is 0 Å². The number of hydrogen-bond donors (Lipinski definition) is 0. The Labute approximate surface area is 114 Å². The fourth-order valence-electron chi connectivity index (χ4n) is 1.61. The molecule has 0 aliphatic rings. The standard InChI is InChI=1S/C12H13N3O3S/c1-8-13-14-12(19-7-11(16)17)15(8)9-4-3-5-10(6-9)18-2/h3-6H,7H2,1-2H3,(H,16,17)/p-1. The third-order valence-corrected chi connectivity index (χ3v) is 3.33. The highest BCUT2D eigenvalue weighted by Gasteiger charge is 2.11. The van der Waals surface area contributed by atoms with Crippen LogP contribution in [0, 0.1) is 6.92 Å². The minimum atomic E-state index is -1.14. The summed E-state index contributed by atoms with van der Waals surface area (Å²) in [4.78, 5) is 10.5. The maximum absolute atomic E-state index is 10.5. The molecule has 0 saturated heterocycles. The highest BCUT2D eigenvalue weighted by atomic mass is 32.2. The van der Waals surface area contributed by atoms with E-state index in [0.717, 1.165) is 17.4 Å². The van der Waals surface area contributed by atoms with Crippen molar-refractivity contribution in [3.63, 3.8) is 0 Å². The van der Waals surface area contributed by atoms with Crippen LogP contribution in [0.15, 0.2) is 29.4 Å². The van der Waals surface area contributed by atoms with Gasteiger partial charge in [-0.2, -0.15) is 0 Å². The molecule has 0 amide bonds. The second-order valence-corrected chi connectivity index (χ2v) is 4.67. The third-order valence-electron chi connectivity index (χ3n) is 2.43. The molecule has 0 N–H and O–H groups in total. The molecular weight excluding hydrogens is 266 g/mol. The van der Waals surface area contributed by atoms with Crippen LogP contribution in [0.5, 0.6) is 5.75 Å². The summed E-state index contributed by atoms with van der Waals surface area (Å²) in [5.74, 6) is 0.0839. The number of rotatable bonds is 5. The molecule has 0 radical (unpaired) electrons. The van der Waals surface area contributed by atoms with Crippen LogP contribution in [-0.2, 0) is 4.79 Å². The van der Waals surface area contributed by atoms with Crippen molar-refractivity contribution in [1.29, 1.82) is 0 Å². The first kappa shape index (κ1) is 13.4. The van der Waals surface area contributed by atoms with Crippen molar-refractivity contribution in [2.45, 2.75) is 12.1 Å². The van der Waals surface area contributed by atoms with Crippen LogP contribution in [0.2, 0.25) is 0 Å². The Morgan fingerprint density at radius 3 is 2.95 bits per heavy atom. The minimum Gasteiger partial charge on any atom is -0.549 e. The highest BCUT2D eigenvalue weighted by molar-refractivity contribution is 7.99. The van der Waals surface area contributed by atoms with Crippen LogP contribution in [-0.4, -0.2) is 33.6 Å². The lowest BCUT2D eigenvalue weighted by Gasteiger charge is -2.09. The number of carboxylic acid groups (broad SMARTS) is 1. The SMILES string of the molecule is COc1cccc(-n2c(C)nnc2SCC(=O)[O-])c1. The molecule has 7 heteroatoms. The van der Waals surface area contributed by atoms with Crippen LogP contribution >= 0.6 is 11.8 Å². The van der Waals surface area contributed by atoms with Gasteiger partial charge in [0.05, 0.1) is 18.8 Å². The zero-order valence-corrected chi connectivity index (χ0v) is 11.3. The van der Waals surface area contributed by atoms with Gasteiger partial charge in [0.1, 0.15) is 11.6 Å². The minimum absolute atomic E-state index is 0.165. The van der Waals surface area contributed by atoms with E-state index < -0.39 is 5.97 Å². The summed E-state index contributed by atoms with van der Waals surface area (Å²) in [5.41, 5.74) is 0.822. The number of aromatic nitrogens is 3. The number of carbonyl (C=O) groups is 1. The predicted molar refractivity (Wildman–Crippen MR) is 68.4 cm³/mol. The van der Waals surface area contributed by atoms with E-state index in [4.69, 9.17) is 4.74 Å². The second kappa shape index (κ2) is 5.75. The van der Waals surface area contributed by atoms with E-state index in [2.05, 4.69) is 10.2 Å². The average molecular weight is 278 g/mol. The summed E-state index contributed by atoms with van der Waals surface area (Å²) < 4.78 is 6.94. The van der Waals surface area contributed by atoms with Gasteiger partial charge in [-0.05, 0) is 19.1 Å². The normalized spacial score (nSPS) is 10.4. The Morgan fingerprint density at radius 1 is 1.47 bits per heavy atom. The van der Waals surface area contributed by atoms with Crippen LogP contribution in [0.3, 0.4) is 0 Å². The van der Waals surface area contributed by atoms with E-state index in [-0.39, 0.29) is 5.75 Å². The van der Waals surface area contributed by atoms with Gasteiger partial charge in [0, 0.05) is 11.8 Å². The number of nitrogens with zero attached hydrogens (tertiary/aromatic N) is 3. The lowest BCUT2D eigenvalue weighted by atomic mass is 10.3. The van der Waals surface area contributed by atoms with Gasteiger partial charge in [-0.25, -0.2) is 0 Å². The van der Waals surface area contributed by atoms with E-state index in [9.17, 15) is 9.90 Å². The molecular formula is C12H12N3O3S-. The highest BCUT2D eigenvalue weighted by Crippen LogP contribution is 2.23. The van der Waals surface area contributed by atoms with Gasteiger partial charge in [-0.1, -0.05) is 17.8 Å². The summed E-state index contributed by atoms with van der Waals surface area (Å²) in [5, 5.41) is 19.0. The predicted octanol–water partition coefficient (Wildman–Crippen LogP) is 0.426. The van der Waals surface area contributed by atoms with Crippen LogP contribution < -0.4 is 9.84 Å². The van der Waals surface area contributed by atoms with Gasteiger partial charge in [0.2, 0.25) is 0 Å². The quantitative estimate of drug-likeness (QED) is 0.738. The first-order chi connectivity index (χ1) is 9.11. The molecule has 0 aliphatic carbocycles. The van der Waals surface area contributed by atoms with Crippen molar-refractivity contribution in [2.24, 2.45) is 0 Å². The molecule has 2 rings (SSSR count). The van der Waals surface area contributed by atoms with E-state index in [0.29, 0.717) is 16.7 Å². The summed E-state index contributed by atoms with van der Waals surface area (Å²) in [7, 11) is 1.59. The van der Waals surface area contributed by atoms with Crippen molar-refractivity contribution < 1.29 is 14.6 Å². The van der Waals surface area contributed by atoms with Crippen molar-refractivity contribution >= 4 is 17.7 Å². The Hall–Kier alpha value is -2.02. The first-order valence-electron chi connectivity index (χ1n) is 5.51. The van der Waals surface area contributed by atoms with Crippen molar-refractivity contribution in [3.8, 4) is 11.4 Å². The third kappa shape index (κ3) is 3.05. The number of methoxy groups -OCH3 is 1. The number of carbonyl (C=O) groups excluding carboxylic acids is 1. The Balaban J connectivity index is 2.37. The molecule has 0 aliphatic heterocycles. The fourth-order valence-corrected chi connectivity index (χ4v) is 2.32. The monoisotopic (exact) mass is 278 g/mol. The number of aryl methyl sites for hydroxylation is 1. The molecule has 0 bridgehead atoms. The fraction of sp³-hybridized carbons (Fsp3) is 0.250. The number of ether oxygens (including phenoxy) is 1. The summed E-state index contributed by atoms with van der Waals surface area (Å²) in [6.45, 7) is 1.80. The van der Waals surface area contributed by atoms with Crippen molar-refractivity contribution in [3.05, 3.63) is 30.1 Å². The number of benzene rings is 1. The molecule has 1 heterocycles. The molecule has 0 fully saturated rings. The molecule has 19 heavy (non-hydrogen) atoms. The Bertz CT molecular complexity index is 598. The molecule has 0 saturated carbocycles. The summed E-state index contributed by atoms with van der Waals surface area (Å²) >= 11 is 1.07. The van der Waals surface area contributed by atoms with Gasteiger partial charge in [0.15, 0.2) is 5.16 Å². The number of aliphatic carboxylic acids is 1. The molecule has 6 nitrogen and oxygen atoms in total. The van der Waals surface area contributed by atoms with E-state index >= 15 is 0 Å². The Kier molecular flexibility index (Phi) is 4.06. The molecule has 0 unspecified atom stereocenters. The molecule has 0 spiro atoms. The van der Waals surface area contributed by atoms with Crippen LogP contribution in [0.4, 0.5) is 0 Å². The Morgan fingerprint density at radius 2 is 2.26 bits per heavy atom. The first-order valence-corrected chi connectivity index (χ1v) is 6.49. The topological polar surface area (TPSA) is 80.1 Å². The van der Waals surface area contributed by atoms with E-state index in [1.165, 1.54) is 0 Å². The second-order valence-electron chi connectivity index (χ2n) is 3.73. The van der Waals surface area contributed by atoms with Crippen LogP contribution in [0.1, 0.15) is 5.82 Å². The summed E-state index contributed by atoms with van der Waals surface area (Å²) in [6.07, 6.45) is 0. The van der Waals surface area contributed by atoms with Gasteiger partial charge in [-0.15, -0.1) is 10.2 Å². The smallest absolute Gasteiger partial charge is 0.196 e. The molecule has 100 valence electrons. The summed E-state index contributed by atoms with van der Waals surface area (Å²) in [6, 6.07) is 7.39. The number of carboxylic acids is 1. The lowest BCUT2D eigenvalue weighted by molar-refractivity contribution is -0.301. The number of thioether (sulfide) groups is 1. The van der Waals surface area contributed by atoms with E-state index in [1.54, 1.807) is 18.6 Å². The molecule has 1 aromatic heterocycles. The number of hydrogen-bond acceptors (Lipinski definition) is 6. The van der Waals surface area contributed by atoms with Gasteiger partial charge in [-0.3, -0.25) is 4.57 Å². The van der Waals surface area contributed by atoms with Crippen molar-refractivity contribution in [1.82, 2.24) is 14.8 Å². The van der Waals surface area contributed by atoms with Gasteiger partial charge < -0.3 is 14.6 Å². The lowest BCUT2D eigenvalue weighted by Crippen LogP contribution is -2.24. The van der Waals surface area contributed by atoms with E-state index in [1.807, 2.05) is 24.3 Å². The zero-order valence-electron chi connectivity index (χ0n) is 10.5. The molecule has 0 atom stereocenters. The van der Waals surface area contributed by atoms with Crippen LogP contribution in [0.25, 0.3) is 5.69 Å². The molecule has 2 aromatic rings. The maximum atomic E-state index is 10.5. The largest absolute Gasteiger partial charge is 0.549 e. The van der Waals surface area contributed by atoms with Crippen molar-refractivity contribution in [2.75, 3.05) is 12.9 Å². The maximum Gasteiger partial charge on any atom is 0.196 e. The van der Waals surface area contributed by atoms with Gasteiger partial charge >= 0.3 is 0 Å². The molecule has 1 aromatic carbocycles. The zero-order chi connectivity index (χ0) is 13.8. The average Bonchev–Trinajstić information content (AvgIpc) is 2.77.